The Morgan fingerprint density at radius 2 is 1.96 bits per heavy atom. The molecule has 3 rings (SSSR count). The number of fused-ring (bicyclic) bond motifs is 1. The van der Waals surface area contributed by atoms with Crippen LogP contribution in [0, 0.1) is 0 Å². The van der Waals surface area contributed by atoms with Crippen molar-refractivity contribution in [1.29, 1.82) is 0 Å². The van der Waals surface area contributed by atoms with Gasteiger partial charge in [-0.3, -0.25) is 14.7 Å². The Morgan fingerprint density at radius 3 is 2.69 bits per heavy atom. The van der Waals surface area contributed by atoms with Gasteiger partial charge in [0.05, 0.1) is 0 Å². The summed E-state index contributed by atoms with van der Waals surface area (Å²) in [5, 5.41) is 16.0. The number of aromatic amines is 1. The lowest BCUT2D eigenvalue weighted by molar-refractivity contribution is 0.0918. The monoisotopic (exact) mass is 377 g/mol. The molecule has 140 valence electrons. The number of rotatable bonds is 3. The summed E-state index contributed by atoms with van der Waals surface area (Å²) >= 11 is 0. The molecule has 0 saturated carbocycles. The van der Waals surface area contributed by atoms with E-state index in [9.17, 15) is 9.59 Å². The van der Waals surface area contributed by atoms with Crippen LogP contribution in [0.1, 0.15) is 52.9 Å². The number of hydrogen-bond acceptors (Lipinski definition) is 4. The van der Waals surface area contributed by atoms with Crippen LogP contribution in [0.2, 0.25) is 0 Å². The molecule has 7 nitrogen and oxygen atoms in total. The summed E-state index contributed by atoms with van der Waals surface area (Å²) in [4.78, 5) is 24.8. The lowest BCUT2D eigenvalue weighted by Crippen LogP contribution is -2.40. The number of nitrogens with one attached hydrogen (secondary N) is 4. The number of hydrogen-bond donors (Lipinski definition) is 4. The van der Waals surface area contributed by atoms with E-state index in [0.717, 1.165) is 24.2 Å². The molecule has 0 atom stereocenters. The number of aromatic nitrogens is 2. The second-order valence-corrected chi connectivity index (χ2v) is 7.20. The van der Waals surface area contributed by atoms with E-state index in [1.165, 1.54) is 0 Å². The number of benzene rings is 1. The maximum atomic E-state index is 12.5. The van der Waals surface area contributed by atoms with Gasteiger partial charge in [0.15, 0.2) is 5.69 Å². The Kier molecular flexibility index (Phi) is 6.05. The maximum Gasteiger partial charge on any atom is 0.276 e. The normalized spacial score (nSPS) is 13.3. The predicted molar refractivity (Wildman–Crippen MR) is 103 cm³/mol. The number of amides is 2. The largest absolute Gasteiger partial charge is 0.347 e. The fourth-order valence-electron chi connectivity index (χ4n) is 2.75. The van der Waals surface area contributed by atoms with E-state index in [0.29, 0.717) is 23.5 Å². The van der Waals surface area contributed by atoms with Crippen LogP contribution in [0.4, 0.5) is 5.69 Å². The quantitative estimate of drug-likeness (QED) is 0.659. The van der Waals surface area contributed by atoms with Crippen LogP contribution in [-0.2, 0) is 13.0 Å². The first-order valence-electron chi connectivity index (χ1n) is 8.34. The van der Waals surface area contributed by atoms with Crippen LogP contribution < -0.4 is 16.0 Å². The number of H-pyrrole nitrogens is 1. The summed E-state index contributed by atoms with van der Waals surface area (Å²) in [5.74, 6) is -0.459. The lowest BCUT2D eigenvalue weighted by atomic mass is 10.1. The molecular formula is C18H24ClN5O2. The number of halogens is 1. The fourth-order valence-corrected chi connectivity index (χ4v) is 2.75. The number of carbonyl (C=O) groups excluding carboxylic acids is 2. The first kappa shape index (κ1) is 19.9. The van der Waals surface area contributed by atoms with Crippen LogP contribution in [0.25, 0.3) is 0 Å². The van der Waals surface area contributed by atoms with Gasteiger partial charge < -0.3 is 16.0 Å². The first-order chi connectivity index (χ1) is 11.8. The zero-order valence-corrected chi connectivity index (χ0v) is 15.9. The molecule has 0 radical (unpaired) electrons. The third-order valence-electron chi connectivity index (χ3n) is 3.89. The van der Waals surface area contributed by atoms with Crippen LogP contribution >= 0.6 is 12.4 Å². The van der Waals surface area contributed by atoms with Crippen LogP contribution in [0.15, 0.2) is 24.3 Å². The van der Waals surface area contributed by atoms with Crippen LogP contribution in [-0.4, -0.2) is 34.1 Å². The molecule has 2 aromatic rings. The average molecular weight is 378 g/mol. The van der Waals surface area contributed by atoms with Crippen molar-refractivity contribution in [3.05, 3.63) is 46.8 Å². The molecule has 1 aliphatic heterocycles. The van der Waals surface area contributed by atoms with E-state index in [1.807, 2.05) is 20.8 Å². The predicted octanol–water partition coefficient (Wildman–Crippen LogP) is 2.26. The van der Waals surface area contributed by atoms with Crippen molar-refractivity contribution in [2.45, 2.75) is 39.3 Å². The zero-order valence-electron chi connectivity index (χ0n) is 15.1. The third kappa shape index (κ3) is 4.62. The molecule has 1 aliphatic rings. The summed E-state index contributed by atoms with van der Waals surface area (Å²) < 4.78 is 0. The molecule has 0 aliphatic carbocycles. The summed E-state index contributed by atoms with van der Waals surface area (Å²) in [6.07, 6.45) is 0.831. The highest BCUT2D eigenvalue weighted by molar-refractivity contribution is 6.05. The molecule has 0 unspecified atom stereocenters. The number of anilines is 1. The van der Waals surface area contributed by atoms with Crippen molar-refractivity contribution in [2.75, 3.05) is 11.9 Å². The van der Waals surface area contributed by atoms with Crippen molar-refractivity contribution in [2.24, 2.45) is 0 Å². The van der Waals surface area contributed by atoms with Gasteiger partial charge in [-0.1, -0.05) is 6.07 Å². The Labute approximate surface area is 158 Å². The van der Waals surface area contributed by atoms with Gasteiger partial charge in [0.25, 0.3) is 11.8 Å². The van der Waals surface area contributed by atoms with Gasteiger partial charge in [-0.05, 0) is 39.0 Å². The standard InChI is InChI=1S/C18H23N5O2.ClH/c1-18(2,3)21-16(24)11-5-4-6-12(9-11)20-17(25)15-13-10-19-8-7-14(13)22-23-15;/h4-6,9,19H,7-8,10H2,1-3H3,(H,20,25)(H,21,24)(H,22,23);1H. The SMILES string of the molecule is CC(C)(C)NC(=O)c1cccc(NC(=O)c2n[nH]c3c2CNCC3)c1.Cl. The maximum absolute atomic E-state index is 12.5. The second kappa shape index (κ2) is 7.88. The Hall–Kier alpha value is -2.38. The second-order valence-electron chi connectivity index (χ2n) is 7.20. The summed E-state index contributed by atoms with van der Waals surface area (Å²) in [5.41, 5.74) is 3.04. The van der Waals surface area contributed by atoms with E-state index in [2.05, 4.69) is 26.1 Å². The Morgan fingerprint density at radius 1 is 1.19 bits per heavy atom. The van der Waals surface area contributed by atoms with Crippen molar-refractivity contribution in [3.8, 4) is 0 Å². The van der Waals surface area contributed by atoms with Gasteiger partial charge in [0.1, 0.15) is 0 Å². The third-order valence-corrected chi connectivity index (χ3v) is 3.89. The molecule has 0 spiro atoms. The van der Waals surface area contributed by atoms with Crippen LogP contribution in [0.3, 0.4) is 0 Å². The van der Waals surface area contributed by atoms with E-state index in [-0.39, 0.29) is 29.8 Å². The zero-order chi connectivity index (χ0) is 18.0. The number of nitrogens with zero attached hydrogens (tertiary/aromatic N) is 1. The molecule has 0 bridgehead atoms. The Balaban J connectivity index is 0.00000243. The molecule has 1 aromatic carbocycles. The summed E-state index contributed by atoms with van der Waals surface area (Å²) in [6.45, 7) is 7.27. The molecule has 1 aromatic heterocycles. The molecular weight excluding hydrogens is 354 g/mol. The smallest absolute Gasteiger partial charge is 0.276 e. The van der Waals surface area contributed by atoms with Gasteiger partial charge >= 0.3 is 0 Å². The summed E-state index contributed by atoms with van der Waals surface area (Å²) in [7, 11) is 0. The molecule has 4 N–H and O–H groups in total. The lowest BCUT2D eigenvalue weighted by Gasteiger charge is -2.20. The highest BCUT2D eigenvalue weighted by atomic mass is 35.5. The van der Waals surface area contributed by atoms with Crippen molar-refractivity contribution in [1.82, 2.24) is 20.8 Å². The van der Waals surface area contributed by atoms with Gasteiger partial charge in [0, 0.05) is 47.6 Å². The topological polar surface area (TPSA) is 98.9 Å². The van der Waals surface area contributed by atoms with Gasteiger partial charge in [0.2, 0.25) is 0 Å². The van der Waals surface area contributed by atoms with Crippen molar-refractivity contribution in [3.63, 3.8) is 0 Å². The summed E-state index contributed by atoms with van der Waals surface area (Å²) in [6, 6.07) is 6.88. The minimum atomic E-state index is -0.322. The molecule has 8 heteroatoms. The van der Waals surface area contributed by atoms with E-state index < -0.39 is 0 Å². The van der Waals surface area contributed by atoms with Gasteiger partial charge in [-0.15, -0.1) is 12.4 Å². The fraction of sp³-hybridized carbons (Fsp3) is 0.389. The minimum absolute atomic E-state index is 0. The molecule has 0 saturated heterocycles. The van der Waals surface area contributed by atoms with Crippen LogP contribution in [0.5, 0.6) is 0 Å². The molecule has 2 heterocycles. The van der Waals surface area contributed by atoms with Gasteiger partial charge in [-0.2, -0.15) is 5.10 Å². The molecule has 0 fully saturated rings. The number of carbonyl (C=O) groups is 2. The van der Waals surface area contributed by atoms with Crippen molar-refractivity contribution >= 4 is 29.9 Å². The highest BCUT2D eigenvalue weighted by Crippen LogP contribution is 2.18. The molecule has 26 heavy (non-hydrogen) atoms. The Bertz CT molecular complexity index is 810. The highest BCUT2D eigenvalue weighted by Gasteiger charge is 2.22. The average Bonchev–Trinajstić information content (AvgIpc) is 2.97. The van der Waals surface area contributed by atoms with E-state index in [1.54, 1.807) is 24.3 Å². The first-order valence-corrected chi connectivity index (χ1v) is 8.34. The molecule has 2 amide bonds. The van der Waals surface area contributed by atoms with E-state index in [4.69, 9.17) is 0 Å². The van der Waals surface area contributed by atoms with Crippen molar-refractivity contribution < 1.29 is 9.59 Å². The van der Waals surface area contributed by atoms with E-state index >= 15 is 0 Å². The van der Waals surface area contributed by atoms with Gasteiger partial charge in [-0.25, -0.2) is 0 Å². The minimum Gasteiger partial charge on any atom is -0.347 e.